The van der Waals surface area contributed by atoms with Crippen LogP contribution in [-0.4, -0.2) is 18.9 Å². The molecular weight excluding hydrogens is 252 g/mol. The molecule has 0 aromatic heterocycles. The first kappa shape index (κ1) is 13.2. The Kier molecular flexibility index (Phi) is 3.77. The molecule has 0 bridgehead atoms. The van der Waals surface area contributed by atoms with Gasteiger partial charge in [-0.3, -0.25) is 0 Å². The maximum Gasteiger partial charge on any atom is 0.508 e. The van der Waals surface area contributed by atoms with E-state index in [0.29, 0.717) is 6.61 Å². The lowest BCUT2D eigenvalue weighted by molar-refractivity contribution is -0.105. The molecule has 1 heterocycles. The Hall–Kier alpha value is -1.77. The highest BCUT2D eigenvalue weighted by Crippen LogP contribution is 2.43. The summed E-state index contributed by atoms with van der Waals surface area (Å²) in [6, 6.07) is 10.1. The topological polar surface area (TPSA) is 35.5 Å². The van der Waals surface area contributed by atoms with E-state index in [1.165, 1.54) is 19.3 Å². The summed E-state index contributed by atoms with van der Waals surface area (Å²) in [5, 5.41) is 0. The molecule has 1 aromatic rings. The highest BCUT2D eigenvalue weighted by molar-refractivity contribution is 5.62. The first-order chi connectivity index (χ1) is 9.78. The van der Waals surface area contributed by atoms with Crippen molar-refractivity contribution in [1.29, 1.82) is 0 Å². The average Bonchev–Trinajstić information content (AvgIpc) is 2.50. The molecule has 0 amide bonds. The van der Waals surface area contributed by atoms with Crippen LogP contribution in [0.5, 0.6) is 0 Å². The van der Waals surface area contributed by atoms with E-state index in [1.807, 2.05) is 42.5 Å². The van der Waals surface area contributed by atoms with Crippen molar-refractivity contribution in [3.8, 4) is 0 Å². The maximum absolute atomic E-state index is 11.4. The van der Waals surface area contributed by atoms with Crippen molar-refractivity contribution in [3.63, 3.8) is 0 Å². The number of benzene rings is 1. The summed E-state index contributed by atoms with van der Waals surface area (Å²) in [6.07, 6.45) is 9.17. The van der Waals surface area contributed by atoms with Crippen LogP contribution in [0.25, 0.3) is 6.08 Å². The number of carbonyl (C=O) groups is 1. The number of rotatable bonds is 2. The van der Waals surface area contributed by atoms with Gasteiger partial charge in [-0.25, -0.2) is 4.79 Å². The Balaban J connectivity index is 1.79. The molecule has 1 atom stereocenters. The molecule has 2 aliphatic rings. The van der Waals surface area contributed by atoms with Gasteiger partial charge in [-0.15, -0.1) is 0 Å². The largest absolute Gasteiger partial charge is 0.508 e. The lowest BCUT2D eigenvalue weighted by Gasteiger charge is -2.43. The van der Waals surface area contributed by atoms with Crippen LogP contribution in [0, 0.1) is 5.41 Å². The van der Waals surface area contributed by atoms with E-state index in [1.54, 1.807) is 0 Å². The van der Waals surface area contributed by atoms with Gasteiger partial charge in [0.1, 0.15) is 12.7 Å². The lowest BCUT2D eigenvalue weighted by Crippen LogP contribution is -2.47. The molecule has 3 rings (SSSR count). The molecular formula is C17H20O3. The zero-order chi connectivity index (χ0) is 13.8. The van der Waals surface area contributed by atoms with Crippen molar-refractivity contribution in [1.82, 2.24) is 0 Å². The predicted molar refractivity (Wildman–Crippen MR) is 77.2 cm³/mol. The first-order valence-corrected chi connectivity index (χ1v) is 7.35. The summed E-state index contributed by atoms with van der Waals surface area (Å²) in [5.74, 6) is 0. The Morgan fingerprint density at radius 2 is 1.85 bits per heavy atom. The van der Waals surface area contributed by atoms with E-state index >= 15 is 0 Å². The minimum absolute atomic E-state index is 0.0164. The highest BCUT2D eigenvalue weighted by atomic mass is 16.7. The van der Waals surface area contributed by atoms with E-state index in [2.05, 4.69) is 0 Å². The van der Waals surface area contributed by atoms with Crippen molar-refractivity contribution in [3.05, 3.63) is 42.0 Å². The first-order valence-electron chi connectivity index (χ1n) is 7.35. The molecule has 1 saturated heterocycles. The fraction of sp³-hybridized carbons (Fsp3) is 0.471. The minimum Gasteiger partial charge on any atom is -0.434 e. The molecule has 1 spiro atoms. The van der Waals surface area contributed by atoms with E-state index in [0.717, 1.165) is 18.4 Å². The lowest BCUT2D eigenvalue weighted by atomic mass is 9.70. The zero-order valence-electron chi connectivity index (χ0n) is 11.6. The molecule has 1 aliphatic heterocycles. The normalized spacial score (nSPS) is 25.4. The van der Waals surface area contributed by atoms with Gasteiger partial charge in [-0.1, -0.05) is 55.7 Å². The second-order valence-corrected chi connectivity index (χ2v) is 5.77. The van der Waals surface area contributed by atoms with Gasteiger partial charge in [0, 0.05) is 5.41 Å². The predicted octanol–water partition coefficient (Wildman–Crippen LogP) is 4.19. The summed E-state index contributed by atoms with van der Waals surface area (Å²) >= 11 is 0. The van der Waals surface area contributed by atoms with Crippen LogP contribution >= 0.6 is 0 Å². The summed E-state index contributed by atoms with van der Waals surface area (Å²) in [4.78, 5) is 11.4. The Labute approximate surface area is 119 Å². The fourth-order valence-electron chi connectivity index (χ4n) is 3.24. The third-order valence-corrected chi connectivity index (χ3v) is 4.42. The Bertz CT molecular complexity index is 486. The fourth-order valence-corrected chi connectivity index (χ4v) is 3.24. The van der Waals surface area contributed by atoms with Gasteiger partial charge in [-0.05, 0) is 24.5 Å². The summed E-state index contributed by atoms with van der Waals surface area (Å²) in [6.45, 7) is 0.496. The number of carbonyl (C=O) groups excluding carboxylic acids is 1. The van der Waals surface area contributed by atoms with E-state index < -0.39 is 6.16 Å². The van der Waals surface area contributed by atoms with Gasteiger partial charge >= 0.3 is 6.16 Å². The minimum atomic E-state index is -0.538. The van der Waals surface area contributed by atoms with Gasteiger partial charge in [-0.2, -0.15) is 0 Å². The van der Waals surface area contributed by atoms with E-state index in [9.17, 15) is 4.79 Å². The van der Waals surface area contributed by atoms with Crippen LogP contribution in [0.15, 0.2) is 36.4 Å². The molecule has 1 unspecified atom stereocenters. The average molecular weight is 272 g/mol. The van der Waals surface area contributed by atoms with E-state index in [4.69, 9.17) is 9.47 Å². The third-order valence-electron chi connectivity index (χ3n) is 4.42. The van der Waals surface area contributed by atoms with E-state index in [-0.39, 0.29) is 11.5 Å². The van der Waals surface area contributed by atoms with Gasteiger partial charge < -0.3 is 9.47 Å². The van der Waals surface area contributed by atoms with Gasteiger partial charge in [0.05, 0.1) is 0 Å². The summed E-state index contributed by atoms with van der Waals surface area (Å²) in [7, 11) is 0. The number of hydrogen-bond acceptors (Lipinski definition) is 3. The summed E-state index contributed by atoms with van der Waals surface area (Å²) < 4.78 is 10.6. The molecule has 1 aromatic carbocycles. The van der Waals surface area contributed by atoms with Crippen molar-refractivity contribution < 1.29 is 14.3 Å². The maximum atomic E-state index is 11.4. The Morgan fingerprint density at radius 1 is 1.10 bits per heavy atom. The smallest absolute Gasteiger partial charge is 0.434 e. The number of hydrogen-bond donors (Lipinski definition) is 0. The molecule has 3 heteroatoms. The molecule has 1 aliphatic carbocycles. The van der Waals surface area contributed by atoms with Gasteiger partial charge in [0.2, 0.25) is 0 Å². The molecule has 20 heavy (non-hydrogen) atoms. The third kappa shape index (κ3) is 2.72. The van der Waals surface area contributed by atoms with Crippen LogP contribution in [0.2, 0.25) is 0 Å². The monoisotopic (exact) mass is 272 g/mol. The molecule has 3 nitrogen and oxygen atoms in total. The van der Waals surface area contributed by atoms with Crippen LogP contribution in [0.1, 0.15) is 37.7 Å². The SMILES string of the molecule is O=C1OCC2(CCCCC2)C(/C=C/c2ccccc2)O1. The second-order valence-electron chi connectivity index (χ2n) is 5.77. The van der Waals surface area contributed by atoms with Gasteiger partial charge in [0.25, 0.3) is 0 Å². The molecule has 0 radical (unpaired) electrons. The van der Waals surface area contributed by atoms with Crippen LogP contribution in [0.4, 0.5) is 4.79 Å². The molecule has 106 valence electrons. The Morgan fingerprint density at radius 3 is 2.60 bits per heavy atom. The van der Waals surface area contributed by atoms with Crippen molar-refractivity contribution in [2.24, 2.45) is 5.41 Å². The molecule has 2 fully saturated rings. The van der Waals surface area contributed by atoms with Crippen molar-refractivity contribution in [2.45, 2.75) is 38.2 Å². The number of cyclic esters (lactones) is 2. The quantitative estimate of drug-likeness (QED) is 0.757. The van der Waals surface area contributed by atoms with Crippen LogP contribution < -0.4 is 0 Å². The van der Waals surface area contributed by atoms with Crippen molar-refractivity contribution in [2.75, 3.05) is 6.61 Å². The van der Waals surface area contributed by atoms with Crippen LogP contribution in [0.3, 0.4) is 0 Å². The van der Waals surface area contributed by atoms with Crippen molar-refractivity contribution >= 4 is 12.2 Å². The zero-order valence-corrected chi connectivity index (χ0v) is 11.6. The molecule has 1 saturated carbocycles. The van der Waals surface area contributed by atoms with Gasteiger partial charge in [0.15, 0.2) is 0 Å². The highest BCUT2D eigenvalue weighted by Gasteiger charge is 2.45. The standard InChI is InChI=1S/C17H20O3/c18-16-19-13-17(11-5-2-6-12-17)15(20-16)10-9-14-7-3-1-4-8-14/h1,3-4,7-10,15H,2,5-6,11-13H2/b10-9+. The second kappa shape index (κ2) is 5.70. The molecule has 0 N–H and O–H groups in total. The summed E-state index contributed by atoms with van der Waals surface area (Å²) in [5.41, 5.74) is 1.11. The number of ether oxygens (including phenoxy) is 2. The van der Waals surface area contributed by atoms with Crippen LogP contribution in [-0.2, 0) is 9.47 Å².